The van der Waals surface area contributed by atoms with Crippen molar-refractivity contribution in [2.24, 2.45) is 0 Å². The summed E-state index contributed by atoms with van der Waals surface area (Å²) in [6, 6.07) is 0. The summed E-state index contributed by atoms with van der Waals surface area (Å²) in [6.07, 6.45) is 39.2. The third-order valence-corrected chi connectivity index (χ3v) is 8.32. The summed E-state index contributed by atoms with van der Waals surface area (Å²) in [5.74, 6) is -0.130. The highest BCUT2D eigenvalue weighted by Crippen LogP contribution is 2.20. The molecule has 0 amide bonds. The van der Waals surface area contributed by atoms with E-state index in [2.05, 4.69) is 31.2 Å². The predicted octanol–water partition coefficient (Wildman–Crippen LogP) is 10.5. The number of aliphatic hydroxyl groups is 2. The summed E-state index contributed by atoms with van der Waals surface area (Å²) in [7, 11) is 0. The highest BCUT2D eigenvalue weighted by atomic mass is 16.5. The lowest BCUT2D eigenvalue weighted by Gasteiger charge is -2.17. The van der Waals surface area contributed by atoms with Crippen molar-refractivity contribution < 1.29 is 19.7 Å². The zero-order valence-corrected chi connectivity index (χ0v) is 27.0. The van der Waals surface area contributed by atoms with E-state index in [1.807, 2.05) is 13.0 Å². The molecule has 1 rings (SSSR count). The topological polar surface area (TPSA) is 66.8 Å². The standard InChI is InChI=1S/C37H66O4/c1-3-4-5-6-7-8-9-10-11-12-13-14-15-16-17-21-24-27-30-35(38)36(39)31-28-25-22-19-18-20-23-26-29-34-32-33(2)41-37(34)40/h14-15,21,24,32-33,35-36,38-39H,3-13,16-20,22-23,25-31H2,1-2H3. The minimum absolute atomic E-state index is 0.0552. The Morgan fingerprint density at radius 1 is 0.634 bits per heavy atom. The van der Waals surface area contributed by atoms with Gasteiger partial charge in [-0.15, -0.1) is 0 Å². The van der Waals surface area contributed by atoms with Gasteiger partial charge >= 0.3 is 5.97 Å². The molecule has 0 saturated heterocycles. The molecule has 3 unspecified atom stereocenters. The highest BCUT2D eigenvalue weighted by Gasteiger charge is 2.21. The second-order valence-electron chi connectivity index (χ2n) is 12.4. The summed E-state index contributed by atoms with van der Waals surface area (Å²) >= 11 is 0. The van der Waals surface area contributed by atoms with Crippen molar-refractivity contribution in [3.05, 3.63) is 36.0 Å². The number of hydrogen-bond acceptors (Lipinski definition) is 4. The average Bonchev–Trinajstić information content (AvgIpc) is 3.29. The van der Waals surface area contributed by atoms with Gasteiger partial charge in [0.25, 0.3) is 0 Å². The molecule has 0 aromatic carbocycles. The van der Waals surface area contributed by atoms with Crippen molar-refractivity contribution in [3.8, 4) is 0 Å². The molecule has 0 bridgehead atoms. The van der Waals surface area contributed by atoms with Crippen molar-refractivity contribution in [2.45, 2.75) is 193 Å². The molecule has 0 saturated carbocycles. The molecule has 2 N–H and O–H groups in total. The number of allylic oxidation sites excluding steroid dienone is 4. The molecule has 0 aromatic heterocycles. The van der Waals surface area contributed by atoms with Crippen LogP contribution in [0.3, 0.4) is 0 Å². The van der Waals surface area contributed by atoms with Gasteiger partial charge in [0.2, 0.25) is 0 Å². The lowest BCUT2D eigenvalue weighted by atomic mass is 10.0. The van der Waals surface area contributed by atoms with E-state index in [4.69, 9.17) is 4.74 Å². The van der Waals surface area contributed by atoms with Crippen LogP contribution in [0.25, 0.3) is 0 Å². The number of esters is 1. The fraction of sp³-hybridized carbons (Fsp3) is 0.811. The van der Waals surface area contributed by atoms with Crippen LogP contribution in [0.4, 0.5) is 0 Å². The van der Waals surface area contributed by atoms with Gasteiger partial charge in [-0.3, -0.25) is 0 Å². The maximum atomic E-state index is 11.6. The number of carbonyl (C=O) groups excluding carboxylic acids is 1. The maximum absolute atomic E-state index is 11.6. The molecule has 1 aliphatic rings. The first-order chi connectivity index (χ1) is 20.0. The molecule has 3 atom stereocenters. The van der Waals surface area contributed by atoms with Crippen LogP contribution in [0.2, 0.25) is 0 Å². The fourth-order valence-corrected chi connectivity index (χ4v) is 5.61. The van der Waals surface area contributed by atoms with Crippen LogP contribution in [-0.4, -0.2) is 34.5 Å². The van der Waals surface area contributed by atoms with Gasteiger partial charge < -0.3 is 14.9 Å². The van der Waals surface area contributed by atoms with Gasteiger partial charge in [-0.1, -0.05) is 134 Å². The van der Waals surface area contributed by atoms with E-state index in [1.54, 1.807) is 0 Å². The van der Waals surface area contributed by atoms with Gasteiger partial charge in [-0.25, -0.2) is 4.79 Å². The Hall–Kier alpha value is -1.39. The first kappa shape index (κ1) is 37.6. The van der Waals surface area contributed by atoms with Gasteiger partial charge in [0.15, 0.2) is 0 Å². The van der Waals surface area contributed by atoms with Crippen molar-refractivity contribution in [3.63, 3.8) is 0 Å². The second kappa shape index (κ2) is 27.4. The summed E-state index contributed by atoms with van der Waals surface area (Å²) in [5, 5.41) is 20.5. The van der Waals surface area contributed by atoms with E-state index in [9.17, 15) is 15.0 Å². The van der Waals surface area contributed by atoms with Crippen molar-refractivity contribution in [1.82, 2.24) is 0 Å². The Labute approximate surface area is 254 Å². The van der Waals surface area contributed by atoms with E-state index in [0.29, 0.717) is 12.8 Å². The van der Waals surface area contributed by atoms with E-state index in [0.717, 1.165) is 56.9 Å². The molecule has 1 aliphatic heterocycles. The summed E-state index contributed by atoms with van der Waals surface area (Å²) in [4.78, 5) is 11.6. The summed E-state index contributed by atoms with van der Waals surface area (Å²) < 4.78 is 5.13. The van der Waals surface area contributed by atoms with Crippen LogP contribution < -0.4 is 0 Å². The number of unbranched alkanes of at least 4 members (excludes halogenated alkanes) is 18. The van der Waals surface area contributed by atoms with E-state index in [-0.39, 0.29) is 12.1 Å². The Bertz CT molecular complexity index is 695. The monoisotopic (exact) mass is 574 g/mol. The largest absolute Gasteiger partial charge is 0.455 e. The van der Waals surface area contributed by atoms with Crippen LogP contribution >= 0.6 is 0 Å². The second-order valence-corrected chi connectivity index (χ2v) is 12.4. The van der Waals surface area contributed by atoms with Gasteiger partial charge in [0.1, 0.15) is 6.10 Å². The number of hydrogen-bond donors (Lipinski definition) is 2. The third-order valence-electron chi connectivity index (χ3n) is 8.32. The lowest BCUT2D eigenvalue weighted by Crippen LogP contribution is -2.25. The molecular weight excluding hydrogens is 508 g/mol. The average molecular weight is 575 g/mol. The first-order valence-electron chi connectivity index (χ1n) is 17.6. The van der Waals surface area contributed by atoms with E-state index in [1.165, 1.54) is 96.3 Å². The van der Waals surface area contributed by atoms with Crippen molar-refractivity contribution in [1.29, 1.82) is 0 Å². The Balaban J connectivity index is 1.83. The first-order valence-corrected chi connectivity index (χ1v) is 17.6. The zero-order valence-electron chi connectivity index (χ0n) is 27.0. The molecular formula is C37H66O4. The third kappa shape index (κ3) is 22.8. The molecule has 4 nitrogen and oxygen atoms in total. The highest BCUT2D eigenvalue weighted by molar-refractivity contribution is 5.90. The minimum atomic E-state index is -0.615. The number of cyclic esters (lactones) is 1. The Kier molecular flexibility index (Phi) is 25.2. The fourth-order valence-electron chi connectivity index (χ4n) is 5.61. The molecule has 0 aromatic rings. The van der Waals surface area contributed by atoms with Crippen molar-refractivity contribution in [2.75, 3.05) is 0 Å². The van der Waals surface area contributed by atoms with Crippen LogP contribution in [0, 0.1) is 0 Å². The summed E-state index contributed by atoms with van der Waals surface area (Å²) in [6.45, 7) is 4.18. The summed E-state index contributed by atoms with van der Waals surface area (Å²) in [5.41, 5.74) is 0.854. The number of rotatable bonds is 29. The quantitative estimate of drug-likeness (QED) is 0.0530. The number of ether oxygens (including phenoxy) is 1. The van der Waals surface area contributed by atoms with Crippen LogP contribution in [0.5, 0.6) is 0 Å². The Morgan fingerprint density at radius 2 is 1.10 bits per heavy atom. The molecule has 238 valence electrons. The van der Waals surface area contributed by atoms with Crippen LogP contribution in [0.15, 0.2) is 36.0 Å². The van der Waals surface area contributed by atoms with Crippen molar-refractivity contribution >= 4 is 5.97 Å². The molecule has 0 fully saturated rings. The predicted molar refractivity (Wildman–Crippen MR) is 175 cm³/mol. The molecule has 1 heterocycles. The zero-order chi connectivity index (χ0) is 29.8. The van der Waals surface area contributed by atoms with Gasteiger partial charge in [-0.05, 0) is 70.8 Å². The number of aliphatic hydroxyl groups excluding tert-OH is 2. The molecule has 0 radical (unpaired) electrons. The van der Waals surface area contributed by atoms with Gasteiger partial charge in [0, 0.05) is 5.57 Å². The Morgan fingerprint density at radius 3 is 1.66 bits per heavy atom. The maximum Gasteiger partial charge on any atom is 0.334 e. The van der Waals surface area contributed by atoms with E-state index >= 15 is 0 Å². The molecule has 41 heavy (non-hydrogen) atoms. The molecule has 0 spiro atoms. The minimum Gasteiger partial charge on any atom is -0.455 e. The normalized spacial score (nSPS) is 17.0. The SMILES string of the molecule is CCCCCCCCCCCCC=CCCC=CCCC(O)C(O)CCCCCCCCCCC1=CC(C)OC1=O. The smallest absolute Gasteiger partial charge is 0.334 e. The molecule has 0 aliphatic carbocycles. The van der Waals surface area contributed by atoms with E-state index < -0.39 is 12.2 Å². The van der Waals surface area contributed by atoms with Gasteiger partial charge in [-0.2, -0.15) is 0 Å². The molecule has 4 heteroatoms. The van der Waals surface area contributed by atoms with Crippen LogP contribution in [-0.2, 0) is 9.53 Å². The van der Waals surface area contributed by atoms with Gasteiger partial charge in [0.05, 0.1) is 12.2 Å². The lowest BCUT2D eigenvalue weighted by molar-refractivity contribution is -0.139. The number of carbonyl (C=O) groups is 1. The van der Waals surface area contributed by atoms with Crippen LogP contribution in [0.1, 0.15) is 174 Å².